The second-order valence-corrected chi connectivity index (χ2v) is 7.43. The maximum atomic E-state index is 5.97. The molecule has 1 aromatic heterocycles. The van der Waals surface area contributed by atoms with Gasteiger partial charge in [0.15, 0.2) is 5.96 Å². The van der Waals surface area contributed by atoms with Gasteiger partial charge in [-0.2, -0.15) is 0 Å². The number of aliphatic imine (C=N–C) groups is 1. The summed E-state index contributed by atoms with van der Waals surface area (Å²) in [5.74, 6) is 0.921. The van der Waals surface area contributed by atoms with E-state index in [1.54, 1.807) is 11.3 Å². The van der Waals surface area contributed by atoms with Gasteiger partial charge in [-0.05, 0) is 50.5 Å². The molecule has 0 saturated heterocycles. The molecule has 24 heavy (non-hydrogen) atoms. The summed E-state index contributed by atoms with van der Waals surface area (Å²) in [6, 6.07) is 4.20. The van der Waals surface area contributed by atoms with E-state index in [4.69, 9.17) is 4.74 Å². The summed E-state index contributed by atoms with van der Waals surface area (Å²) in [5.41, 5.74) is 0. The van der Waals surface area contributed by atoms with Gasteiger partial charge in [0.05, 0.1) is 12.6 Å². The highest BCUT2D eigenvalue weighted by Gasteiger charge is 2.12. The minimum Gasteiger partial charge on any atom is -0.378 e. The zero-order valence-electron chi connectivity index (χ0n) is 15.1. The van der Waals surface area contributed by atoms with Crippen LogP contribution < -0.4 is 10.6 Å². The molecule has 0 spiro atoms. The summed E-state index contributed by atoms with van der Waals surface area (Å²) < 4.78 is 5.97. The number of unbranched alkanes of at least 4 members (excludes halogenated alkanes) is 2. The Hall–Kier alpha value is -1.07. The third-order valence-corrected chi connectivity index (χ3v) is 5.20. The van der Waals surface area contributed by atoms with Crippen LogP contribution in [0.5, 0.6) is 0 Å². The van der Waals surface area contributed by atoms with Gasteiger partial charge in [0.2, 0.25) is 0 Å². The minimum atomic E-state index is 0.543. The monoisotopic (exact) mass is 351 g/mol. The van der Waals surface area contributed by atoms with Crippen LogP contribution in [-0.4, -0.2) is 31.8 Å². The summed E-state index contributed by atoms with van der Waals surface area (Å²) >= 11 is 1.76. The van der Waals surface area contributed by atoms with Gasteiger partial charge < -0.3 is 15.4 Å². The fourth-order valence-corrected chi connectivity index (χ4v) is 3.62. The average Bonchev–Trinajstić information content (AvgIpc) is 3.13. The van der Waals surface area contributed by atoms with Crippen LogP contribution in [0.4, 0.5) is 0 Å². The largest absolute Gasteiger partial charge is 0.378 e. The first-order chi connectivity index (χ1) is 11.9. The lowest BCUT2D eigenvalue weighted by Gasteiger charge is -2.21. The SMILES string of the molecule is CCNC(=NCc1cccs1)NCCCCCOC1CCCCC1. The molecular formula is C19H33N3OS. The fraction of sp³-hybridized carbons (Fsp3) is 0.737. The third kappa shape index (κ3) is 8.15. The van der Waals surface area contributed by atoms with E-state index in [0.29, 0.717) is 6.10 Å². The molecule has 4 nitrogen and oxygen atoms in total. The third-order valence-electron chi connectivity index (χ3n) is 4.34. The Morgan fingerprint density at radius 3 is 2.83 bits per heavy atom. The summed E-state index contributed by atoms with van der Waals surface area (Å²) in [7, 11) is 0. The smallest absolute Gasteiger partial charge is 0.191 e. The normalized spacial score (nSPS) is 16.3. The molecule has 0 atom stereocenters. The predicted molar refractivity (Wildman–Crippen MR) is 104 cm³/mol. The Morgan fingerprint density at radius 2 is 2.08 bits per heavy atom. The van der Waals surface area contributed by atoms with Gasteiger partial charge in [-0.25, -0.2) is 4.99 Å². The number of hydrogen-bond donors (Lipinski definition) is 2. The number of guanidine groups is 1. The molecule has 1 aliphatic rings. The quantitative estimate of drug-likeness (QED) is 0.375. The Kier molecular flexibility index (Phi) is 9.88. The highest BCUT2D eigenvalue weighted by molar-refractivity contribution is 7.09. The molecule has 136 valence electrons. The van der Waals surface area contributed by atoms with E-state index in [9.17, 15) is 0 Å². The molecule has 1 heterocycles. The molecule has 1 fully saturated rings. The summed E-state index contributed by atoms with van der Waals surface area (Å²) in [6.07, 6.45) is 10.7. The maximum Gasteiger partial charge on any atom is 0.191 e. The molecule has 1 aliphatic carbocycles. The predicted octanol–water partition coefficient (Wildman–Crippen LogP) is 4.32. The van der Waals surface area contributed by atoms with Crippen molar-refractivity contribution in [3.8, 4) is 0 Å². The second kappa shape index (κ2) is 12.3. The molecule has 0 unspecified atom stereocenters. The van der Waals surface area contributed by atoms with Gasteiger partial charge in [0.25, 0.3) is 0 Å². The second-order valence-electron chi connectivity index (χ2n) is 6.39. The zero-order valence-corrected chi connectivity index (χ0v) is 15.9. The van der Waals surface area contributed by atoms with E-state index in [0.717, 1.165) is 38.6 Å². The molecular weight excluding hydrogens is 318 g/mol. The summed E-state index contributed by atoms with van der Waals surface area (Å²) in [5, 5.41) is 8.83. The number of thiophene rings is 1. The van der Waals surface area contributed by atoms with Gasteiger partial charge in [-0.3, -0.25) is 0 Å². The van der Waals surface area contributed by atoms with Crippen molar-refractivity contribution in [2.75, 3.05) is 19.7 Å². The Bertz CT molecular complexity index is 441. The van der Waals surface area contributed by atoms with Crippen LogP contribution in [0.3, 0.4) is 0 Å². The number of nitrogens with zero attached hydrogens (tertiary/aromatic N) is 1. The molecule has 2 N–H and O–H groups in total. The van der Waals surface area contributed by atoms with Crippen LogP contribution in [0, 0.1) is 0 Å². The maximum absolute atomic E-state index is 5.97. The lowest BCUT2D eigenvalue weighted by Crippen LogP contribution is -2.37. The van der Waals surface area contributed by atoms with Crippen molar-refractivity contribution < 1.29 is 4.74 Å². The van der Waals surface area contributed by atoms with Crippen molar-refractivity contribution >= 4 is 17.3 Å². The van der Waals surface area contributed by atoms with Crippen molar-refractivity contribution in [1.29, 1.82) is 0 Å². The zero-order chi connectivity index (χ0) is 16.9. The lowest BCUT2D eigenvalue weighted by atomic mass is 9.98. The van der Waals surface area contributed by atoms with Crippen molar-refractivity contribution in [2.24, 2.45) is 4.99 Å². The topological polar surface area (TPSA) is 45.7 Å². The number of ether oxygens (including phenoxy) is 1. The van der Waals surface area contributed by atoms with E-state index in [2.05, 4.69) is 40.1 Å². The van der Waals surface area contributed by atoms with Crippen LogP contribution in [0.25, 0.3) is 0 Å². The molecule has 1 saturated carbocycles. The molecule has 1 aromatic rings. The first kappa shape index (κ1) is 19.3. The number of rotatable bonds is 10. The fourth-order valence-electron chi connectivity index (χ4n) is 2.99. The first-order valence-electron chi connectivity index (χ1n) is 9.54. The van der Waals surface area contributed by atoms with Crippen LogP contribution in [-0.2, 0) is 11.3 Å². The molecule has 2 rings (SSSR count). The van der Waals surface area contributed by atoms with Crippen LogP contribution in [0.1, 0.15) is 63.2 Å². The van der Waals surface area contributed by atoms with Crippen LogP contribution in [0.15, 0.2) is 22.5 Å². The molecule has 0 aromatic carbocycles. The summed E-state index contributed by atoms with van der Waals surface area (Å²) in [4.78, 5) is 5.93. The Labute approximate surface area is 151 Å². The number of nitrogens with one attached hydrogen (secondary N) is 2. The van der Waals surface area contributed by atoms with E-state index in [1.807, 2.05) is 0 Å². The lowest BCUT2D eigenvalue weighted by molar-refractivity contribution is 0.0264. The first-order valence-corrected chi connectivity index (χ1v) is 10.4. The van der Waals surface area contributed by atoms with Gasteiger partial charge >= 0.3 is 0 Å². The van der Waals surface area contributed by atoms with Gasteiger partial charge in [-0.15, -0.1) is 11.3 Å². The van der Waals surface area contributed by atoms with E-state index in [1.165, 1.54) is 49.8 Å². The average molecular weight is 352 g/mol. The van der Waals surface area contributed by atoms with Gasteiger partial charge in [0.1, 0.15) is 0 Å². The van der Waals surface area contributed by atoms with Gasteiger partial charge in [0, 0.05) is 24.6 Å². The molecule has 0 amide bonds. The molecule has 5 heteroatoms. The van der Waals surface area contributed by atoms with Crippen molar-refractivity contribution in [3.05, 3.63) is 22.4 Å². The van der Waals surface area contributed by atoms with Crippen molar-refractivity contribution in [3.63, 3.8) is 0 Å². The van der Waals surface area contributed by atoms with Gasteiger partial charge in [-0.1, -0.05) is 25.3 Å². The van der Waals surface area contributed by atoms with E-state index >= 15 is 0 Å². The van der Waals surface area contributed by atoms with Crippen molar-refractivity contribution in [2.45, 2.75) is 70.9 Å². The highest BCUT2D eigenvalue weighted by Crippen LogP contribution is 2.20. The van der Waals surface area contributed by atoms with Crippen LogP contribution >= 0.6 is 11.3 Å². The Balaban J connectivity index is 1.51. The van der Waals surface area contributed by atoms with Crippen molar-refractivity contribution in [1.82, 2.24) is 10.6 Å². The van der Waals surface area contributed by atoms with E-state index < -0.39 is 0 Å². The minimum absolute atomic E-state index is 0.543. The van der Waals surface area contributed by atoms with E-state index in [-0.39, 0.29) is 0 Å². The standard InChI is InChI=1S/C19H33N3OS/c1-2-20-19(22-16-18-12-9-15-24-18)21-13-7-4-8-14-23-17-10-5-3-6-11-17/h9,12,15,17H,2-8,10-11,13-14,16H2,1H3,(H2,20,21,22). The summed E-state index contributed by atoms with van der Waals surface area (Å²) in [6.45, 7) is 5.65. The highest BCUT2D eigenvalue weighted by atomic mass is 32.1. The van der Waals surface area contributed by atoms with Crippen LogP contribution in [0.2, 0.25) is 0 Å². The Morgan fingerprint density at radius 1 is 1.21 bits per heavy atom. The number of hydrogen-bond acceptors (Lipinski definition) is 3. The molecule has 0 bridgehead atoms. The molecule has 0 aliphatic heterocycles. The molecule has 0 radical (unpaired) electrons.